The van der Waals surface area contributed by atoms with Gasteiger partial charge in [0.05, 0.1) is 6.10 Å². The summed E-state index contributed by atoms with van der Waals surface area (Å²) in [6.45, 7) is 11.4. The number of hydrogen-bond acceptors (Lipinski definition) is 3. The van der Waals surface area contributed by atoms with E-state index in [-0.39, 0.29) is 16.8 Å². The standard InChI is InChI=1S/C26H39O3PSi/c1-26(2,3)31(4,5)29-21-13-12-18-25(24(27)20-19-21)30(28,22-14-8-6-9-15-22)23-16-10-7-11-17-23/h6-11,14-17,21,24-25,27H,12-13,18-20H2,1-5H3/t21?,24-,25-/m1/s1. The summed E-state index contributed by atoms with van der Waals surface area (Å²) < 4.78 is 21.4. The molecular formula is C26H39O3PSi. The summed E-state index contributed by atoms with van der Waals surface area (Å²) in [7, 11) is -4.82. The Morgan fingerprint density at radius 3 is 1.87 bits per heavy atom. The molecule has 5 heteroatoms. The number of benzene rings is 2. The van der Waals surface area contributed by atoms with E-state index in [2.05, 4.69) is 33.9 Å². The van der Waals surface area contributed by atoms with E-state index in [9.17, 15) is 9.67 Å². The van der Waals surface area contributed by atoms with Gasteiger partial charge in [0.2, 0.25) is 0 Å². The van der Waals surface area contributed by atoms with Crippen LogP contribution in [0.4, 0.5) is 0 Å². The molecule has 2 aromatic rings. The second-order valence-electron chi connectivity index (χ2n) is 10.5. The molecule has 3 rings (SSSR count). The maximum absolute atomic E-state index is 14.7. The molecule has 3 atom stereocenters. The molecule has 0 amide bonds. The molecule has 170 valence electrons. The van der Waals surface area contributed by atoms with Crippen molar-refractivity contribution in [3.05, 3.63) is 60.7 Å². The van der Waals surface area contributed by atoms with Crippen LogP contribution in [0.3, 0.4) is 0 Å². The number of aliphatic hydroxyl groups is 1. The molecule has 1 aliphatic rings. The smallest absolute Gasteiger partial charge is 0.192 e. The first kappa shape index (κ1) is 24.4. The van der Waals surface area contributed by atoms with Gasteiger partial charge in [-0.2, -0.15) is 0 Å². The molecule has 0 saturated heterocycles. The molecule has 0 aromatic heterocycles. The van der Waals surface area contributed by atoms with Crippen LogP contribution < -0.4 is 10.6 Å². The summed E-state index contributed by atoms with van der Waals surface area (Å²) >= 11 is 0. The van der Waals surface area contributed by atoms with Gasteiger partial charge in [0, 0.05) is 22.4 Å². The predicted molar refractivity (Wildman–Crippen MR) is 135 cm³/mol. The normalized spacial score (nSPS) is 23.7. The van der Waals surface area contributed by atoms with Crippen LogP contribution in [0.1, 0.15) is 52.9 Å². The molecule has 0 bridgehead atoms. The van der Waals surface area contributed by atoms with E-state index in [1.54, 1.807) is 0 Å². The Labute approximate surface area is 189 Å². The zero-order valence-electron chi connectivity index (χ0n) is 19.8. The molecule has 0 radical (unpaired) electrons. The summed E-state index contributed by atoms with van der Waals surface area (Å²) in [6, 6.07) is 19.5. The lowest BCUT2D eigenvalue weighted by atomic mass is 9.96. The minimum atomic E-state index is -2.97. The highest BCUT2D eigenvalue weighted by molar-refractivity contribution is 7.79. The van der Waals surface area contributed by atoms with Gasteiger partial charge >= 0.3 is 0 Å². The fraction of sp³-hybridized carbons (Fsp3) is 0.538. The van der Waals surface area contributed by atoms with Crippen molar-refractivity contribution in [2.45, 2.75) is 88.9 Å². The first-order valence-corrected chi connectivity index (χ1v) is 16.3. The van der Waals surface area contributed by atoms with Gasteiger partial charge in [-0.1, -0.05) is 87.9 Å². The van der Waals surface area contributed by atoms with E-state index in [4.69, 9.17) is 4.43 Å². The fourth-order valence-electron chi connectivity index (χ4n) is 4.41. The van der Waals surface area contributed by atoms with Crippen molar-refractivity contribution in [1.82, 2.24) is 0 Å². The van der Waals surface area contributed by atoms with Gasteiger partial charge < -0.3 is 14.1 Å². The van der Waals surface area contributed by atoms with E-state index in [0.29, 0.717) is 6.42 Å². The van der Waals surface area contributed by atoms with Crippen molar-refractivity contribution in [3.8, 4) is 0 Å². The third-order valence-electron chi connectivity index (χ3n) is 7.27. The SMILES string of the molecule is CC(C)(C)[Si](C)(C)OC1CCC[C@@H](P(=O)(c2ccccc2)c2ccccc2)[C@H](O)CC1. The molecule has 3 nitrogen and oxygen atoms in total. The Kier molecular flexibility index (Phi) is 7.69. The molecule has 1 unspecified atom stereocenters. The Morgan fingerprint density at radius 2 is 1.39 bits per heavy atom. The van der Waals surface area contributed by atoms with Crippen LogP contribution in [0.5, 0.6) is 0 Å². The largest absolute Gasteiger partial charge is 0.414 e. The van der Waals surface area contributed by atoms with Gasteiger partial charge in [-0.05, 0) is 43.8 Å². The van der Waals surface area contributed by atoms with Gasteiger partial charge in [0.25, 0.3) is 0 Å². The number of rotatable bonds is 5. The van der Waals surface area contributed by atoms with Crippen molar-refractivity contribution >= 4 is 26.1 Å². The second-order valence-corrected chi connectivity index (χ2v) is 18.2. The zero-order valence-corrected chi connectivity index (χ0v) is 21.6. The average Bonchev–Trinajstić information content (AvgIpc) is 2.73. The fourth-order valence-corrected chi connectivity index (χ4v) is 9.30. The maximum atomic E-state index is 14.7. The van der Waals surface area contributed by atoms with Gasteiger partial charge in [-0.3, -0.25) is 0 Å². The molecular weight excluding hydrogens is 419 g/mol. The second kappa shape index (κ2) is 9.75. The van der Waals surface area contributed by atoms with E-state index in [1.807, 2.05) is 60.7 Å². The highest BCUT2D eigenvalue weighted by Gasteiger charge is 2.43. The lowest BCUT2D eigenvalue weighted by Gasteiger charge is -2.41. The minimum Gasteiger partial charge on any atom is -0.414 e. The quantitative estimate of drug-likeness (QED) is 0.436. The molecule has 2 aromatic carbocycles. The molecule has 0 heterocycles. The Balaban J connectivity index is 1.85. The Morgan fingerprint density at radius 1 is 0.871 bits per heavy atom. The van der Waals surface area contributed by atoms with Crippen LogP contribution in [-0.4, -0.2) is 31.3 Å². The molecule has 1 saturated carbocycles. The van der Waals surface area contributed by atoms with Gasteiger partial charge in [0.1, 0.15) is 7.14 Å². The van der Waals surface area contributed by atoms with Crippen LogP contribution in [-0.2, 0) is 8.99 Å². The molecule has 0 spiro atoms. The van der Waals surface area contributed by atoms with Gasteiger partial charge in [-0.25, -0.2) is 0 Å². The summed E-state index contributed by atoms with van der Waals surface area (Å²) in [5.74, 6) is 0. The predicted octanol–water partition coefficient (Wildman–Crippen LogP) is 6.08. The van der Waals surface area contributed by atoms with Crippen LogP contribution in [0.2, 0.25) is 18.1 Å². The minimum absolute atomic E-state index is 0.173. The Hall–Kier alpha value is -1.19. The van der Waals surface area contributed by atoms with Crippen molar-refractivity contribution in [1.29, 1.82) is 0 Å². The summed E-state index contributed by atoms with van der Waals surface area (Å²) in [4.78, 5) is 0. The third-order valence-corrected chi connectivity index (χ3v) is 15.5. The van der Waals surface area contributed by atoms with Crippen molar-refractivity contribution in [2.24, 2.45) is 0 Å². The first-order chi connectivity index (χ1) is 14.6. The van der Waals surface area contributed by atoms with E-state index >= 15 is 0 Å². The Bertz CT molecular complexity index is 833. The van der Waals surface area contributed by atoms with Crippen LogP contribution in [0.15, 0.2) is 60.7 Å². The third kappa shape index (κ3) is 5.42. The zero-order chi connectivity index (χ0) is 22.7. The van der Waals surface area contributed by atoms with E-state index in [1.165, 1.54) is 0 Å². The first-order valence-electron chi connectivity index (χ1n) is 11.6. The molecule has 31 heavy (non-hydrogen) atoms. The highest BCUT2D eigenvalue weighted by Crippen LogP contribution is 2.53. The van der Waals surface area contributed by atoms with E-state index < -0.39 is 21.6 Å². The summed E-state index contributed by atoms with van der Waals surface area (Å²) in [6.07, 6.45) is 3.69. The highest BCUT2D eigenvalue weighted by atomic mass is 31.2. The monoisotopic (exact) mass is 458 g/mol. The van der Waals surface area contributed by atoms with Crippen LogP contribution >= 0.6 is 7.14 Å². The van der Waals surface area contributed by atoms with Crippen LogP contribution in [0.25, 0.3) is 0 Å². The number of hydrogen-bond donors (Lipinski definition) is 1. The van der Waals surface area contributed by atoms with Crippen molar-refractivity contribution < 1.29 is 14.1 Å². The lowest BCUT2D eigenvalue weighted by Crippen LogP contribution is -2.45. The molecule has 1 aliphatic carbocycles. The van der Waals surface area contributed by atoms with E-state index in [0.717, 1.165) is 36.3 Å². The van der Waals surface area contributed by atoms with Gasteiger partial charge in [-0.15, -0.1) is 0 Å². The maximum Gasteiger partial charge on any atom is 0.192 e. The van der Waals surface area contributed by atoms with Crippen molar-refractivity contribution in [3.63, 3.8) is 0 Å². The molecule has 1 fully saturated rings. The molecule has 0 aliphatic heterocycles. The summed E-state index contributed by atoms with van der Waals surface area (Å²) in [5, 5.41) is 13.2. The lowest BCUT2D eigenvalue weighted by molar-refractivity contribution is 0.0933. The summed E-state index contributed by atoms with van der Waals surface area (Å²) in [5.41, 5.74) is -0.258. The average molecular weight is 459 g/mol. The van der Waals surface area contributed by atoms with Crippen LogP contribution in [0, 0.1) is 0 Å². The molecule has 1 N–H and O–H groups in total. The number of aliphatic hydroxyl groups excluding tert-OH is 1. The van der Waals surface area contributed by atoms with Crippen molar-refractivity contribution in [2.75, 3.05) is 0 Å². The van der Waals surface area contributed by atoms with Gasteiger partial charge in [0.15, 0.2) is 8.32 Å². The topological polar surface area (TPSA) is 46.5 Å².